The third kappa shape index (κ3) is 2.84. The fraction of sp³-hybridized carbons (Fsp3) is 0.353. The molecule has 7 heteroatoms. The molecule has 2 aromatic rings. The van der Waals surface area contributed by atoms with Crippen LogP contribution in [0.2, 0.25) is 0 Å². The topological polar surface area (TPSA) is 84.2 Å². The zero-order valence-electron chi connectivity index (χ0n) is 13.4. The van der Waals surface area contributed by atoms with E-state index in [-0.39, 0.29) is 5.91 Å². The maximum absolute atomic E-state index is 12.7. The average molecular weight is 392 g/mol. The standard InChI is InChI=1S/C17H18BrN3O3/c1-16(2,15(23)24)21-10-13(9-19-21)20-14(22)17(7-8-17)11-3-5-12(18)6-4-11/h3-6,9-10H,7-8H2,1-2H3,(H,20,22)(H,23,24). The van der Waals surface area contributed by atoms with Crippen LogP contribution in [0.25, 0.3) is 0 Å². The molecular formula is C17H18BrN3O3. The van der Waals surface area contributed by atoms with E-state index in [1.807, 2.05) is 24.3 Å². The van der Waals surface area contributed by atoms with E-state index in [1.54, 1.807) is 20.0 Å². The van der Waals surface area contributed by atoms with Gasteiger partial charge in [0.25, 0.3) is 0 Å². The first-order valence-corrected chi connectivity index (χ1v) is 8.41. The molecule has 6 nitrogen and oxygen atoms in total. The summed E-state index contributed by atoms with van der Waals surface area (Å²) in [6.07, 6.45) is 4.62. The van der Waals surface area contributed by atoms with Crippen molar-refractivity contribution >= 4 is 33.5 Å². The van der Waals surface area contributed by atoms with Gasteiger partial charge in [0, 0.05) is 10.7 Å². The summed E-state index contributed by atoms with van der Waals surface area (Å²) in [7, 11) is 0. The summed E-state index contributed by atoms with van der Waals surface area (Å²) >= 11 is 3.40. The van der Waals surface area contributed by atoms with Crippen LogP contribution in [0.5, 0.6) is 0 Å². The number of amides is 1. The van der Waals surface area contributed by atoms with Crippen LogP contribution in [0.4, 0.5) is 5.69 Å². The lowest BCUT2D eigenvalue weighted by atomic mass is 9.95. The molecule has 1 heterocycles. The third-order valence-electron chi connectivity index (χ3n) is 4.52. The van der Waals surface area contributed by atoms with Crippen LogP contribution < -0.4 is 5.32 Å². The summed E-state index contributed by atoms with van der Waals surface area (Å²) in [5.41, 5.74) is -0.184. The largest absolute Gasteiger partial charge is 0.479 e. The summed E-state index contributed by atoms with van der Waals surface area (Å²) in [6.45, 7) is 3.11. The number of carbonyl (C=O) groups excluding carboxylic acids is 1. The summed E-state index contributed by atoms with van der Waals surface area (Å²) in [5, 5.41) is 16.2. The van der Waals surface area contributed by atoms with Gasteiger partial charge >= 0.3 is 5.97 Å². The lowest BCUT2D eigenvalue weighted by molar-refractivity contribution is -0.146. The van der Waals surface area contributed by atoms with Crippen molar-refractivity contribution in [1.29, 1.82) is 0 Å². The Morgan fingerprint density at radius 1 is 1.29 bits per heavy atom. The van der Waals surface area contributed by atoms with Crippen molar-refractivity contribution in [3.63, 3.8) is 0 Å². The number of benzene rings is 1. The number of hydrogen-bond acceptors (Lipinski definition) is 3. The lowest BCUT2D eigenvalue weighted by Crippen LogP contribution is -2.36. The Balaban J connectivity index is 1.77. The molecule has 1 aromatic carbocycles. The number of carboxylic acids is 1. The number of nitrogens with zero attached hydrogens (tertiary/aromatic N) is 2. The number of aromatic nitrogens is 2. The summed E-state index contributed by atoms with van der Waals surface area (Å²) in [6, 6.07) is 7.76. The van der Waals surface area contributed by atoms with Gasteiger partial charge in [0.2, 0.25) is 5.91 Å². The van der Waals surface area contributed by atoms with Crippen molar-refractivity contribution in [3.8, 4) is 0 Å². The molecule has 0 aliphatic heterocycles. The average Bonchev–Trinajstić information content (AvgIpc) is 3.21. The van der Waals surface area contributed by atoms with Gasteiger partial charge in [-0.15, -0.1) is 0 Å². The smallest absolute Gasteiger partial charge is 0.331 e. The number of hydrogen-bond donors (Lipinski definition) is 2. The highest BCUT2D eigenvalue weighted by atomic mass is 79.9. The Morgan fingerprint density at radius 2 is 1.92 bits per heavy atom. The molecule has 1 aliphatic carbocycles. The maximum Gasteiger partial charge on any atom is 0.331 e. The predicted molar refractivity (Wildman–Crippen MR) is 92.9 cm³/mol. The van der Waals surface area contributed by atoms with Crippen LogP contribution >= 0.6 is 15.9 Å². The highest BCUT2D eigenvalue weighted by molar-refractivity contribution is 9.10. The highest BCUT2D eigenvalue weighted by Gasteiger charge is 2.51. The van der Waals surface area contributed by atoms with Gasteiger partial charge < -0.3 is 10.4 Å². The number of rotatable bonds is 5. The number of halogens is 1. The number of aliphatic carboxylic acids is 1. The van der Waals surface area contributed by atoms with Crippen LogP contribution in [-0.4, -0.2) is 26.8 Å². The molecule has 0 atom stereocenters. The molecule has 1 amide bonds. The van der Waals surface area contributed by atoms with E-state index in [0.717, 1.165) is 22.9 Å². The number of anilines is 1. The molecule has 3 rings (SSSR count). The molecule has 0 saturated heterocycles. The van der Waals surface area contributed by atoms with Crippen LogP contribution in [-0.2, 0) is 20.5 Å². The molecule has 1 saturated carbocycles. The molecule has 2 N–H and O–H groups in total. The second-order valence-corrected chi connectivity index (χ2v) is 7.50. The van der Waals surface area contributed by atoms with Crippen molar-refractivity contribution in [2.45, 2.75) is 37.6 Å². The zero-order chi connectivity index (χ0) is 17.5. The lowest BCUT2D eigenvalue weighted by Gasteiger charge is -2.19. The van der Waals surface area contributed by atoms with Gasteiger partial charge in [0.15, 0.2) is 5.54 Å². The fourth-order valence-corrected chi connectivity index (χ4v) is 2.85. The summed E-state index contributed by atoms with van der Waals surface area (Å²) in [4.78, 5) is 24.0. The van der Waals surface area contributed by atoms with E-state index in [0.29, 0.717) is 5.69 Å². The fourth-order valence-electron chi connectivity index (χ4n) is 2.58. The first kappa shape index (κ1) is 16.7. The van der Waals surface area contributed by atoms with E-state index >= 15 is 0 Å². The second kappa shape index (κ2) is 5.73. The first-order chi connectivity index (χ1) is 11.3. The van der Waals surface area contributed by atoms with Crippen LogP contribution in [0.3, 0.4) is 0 Å². The Morgan fingerprint density at radius 3 is 2.46 bits per heavy atom. The normalized spacial score (nSPS) is 15.8. The summed E-state index contributed by atoms with van der Waals surface area (Å²) < 4.78 is 2.31. The minimum absolute atomic E-state index is 0.0856. The Kier molecular flexibility index (Phi) is 3.99. The van der Waals surface area contributed by atoms with E-state index < -0.39 is 16.9 Å². The van der Waals surface area contributed by atoms with Crippen LogP contribution in [0.15, 0.2) is 41.1 Å². The molecule has 1 fully saturated rings. The molecule has 24 heavy (non-hydrogen) atoms. The number of carboxylic acid groups (broad SMARTS) is 1. The quantitative estimate of drug-likeness (QED) is 0.819. The molecule has 0 spiro atoms. The van der Waals surface area contributed by atoms with Gasteiger partial charge in [-0.3, -0.25) is 9.48 Å². The third-order valence-corrected chi connectivity index (χ3v) is 5.05. The zero-order valence-corrected chi connectivity index (χ0v) is 15.0. The monoisotopic (exact) mass is 391 g/mol. The maximum atomic E-state index is 12.7. The van der Waals surface area contributed by atoms with E-state index in [1.165, 1.54) is 10.9 Å². The van der Waals surface area contributed by atoms with Crippen molar-refractivity contribution in [1.82, 2.24) is 9.78 Å². The van der Waals surface area contributed by atoms with Crippen molar-refractivity contribution < 1.29 is 14.7 Å². The van der Waals surface area contributed by atoms with Gasteiger partial charge in [-0.2, -0.15) is 5.10 Å². The Hall–Kier alpha value is -2.15. The molecule has 126 valence electrons. The van der Waals surface area contributed by atoms with Crippen LogP contribution in [0, 0.1) is 0 Å². The molecule has 0 bridgehead atoms. The second-order valence-electron chi connectivity index (χ2n) is 6.58. The van der Waals surface area contributed by atoms with Gasteiger partial charge in [-0.05, 0) is 44.4 Å². The Bertz CT molecular complexity index is 792. The van der Waals surface area contributed by atoms with Crippen LogP contribution in [0.1, 0.15) is 32.3 Å². The van der Waals surface area contributed by atoms with E-state index in [4.69, 9.17) is 0 Å². The van der Waals surface area contributed by atoms with Crippen molar-refractivity contribution in [2.75, 3.05) is 5.32 Å². The highest BCUT2D eigenvalue weighted by Crippen LogP contribution is 2.49. The van der Waals surface area contributed by atoms with Crippen molar-refractivity contribution in [2.24, 2.45) is 0 Å². The first-order valence-electron chi connectivity index (χ1n) is 7.62. The van der Waals surface area contributed by atoms with Gasteiger partial charge in [-0.25, -0.2) is 4.79 Å². The van der Waals surface area contributed by atoms with E-state index in [9.17, 15) is 14.7 Å². The SMILES string of the molecule is CC(C)(C(=O)O)n1cc(NC(=O)C2(c3ccc(Br)cc3)CC2)cn1. The predicted octanol–water partition coefficient (Wildman–Crippen LogP) is 3.14. The van der Waals surface area contributed by atoms with E-state index in [2.05, 4.69) is 26.3 Å². The molecule has 1 aliphatic rings. The van der Waals surface area contributed by atoms with Crippen molar-refractivity contribution in [3.05, 3.63) is 46.7 Å². The molecular weight excluding hydrogens is 374 g/mol. The van der Waals surface area contributed by atoms with Gasteiger partial charge in [0.1, 0.15) is 0 Å². The van der Waals surface area contributed by atoms with Gasteiger partial charge in [0.05, 0.1) is 17.3 Å². The minimum atomic E-state index is -1.17. The molecule has 0 radical (unpaired) electrons. The Labute approximate surface area is 148 Å². The number of carbonyl (C=O) groups is 2. The molecule has 0 unspecified atom stereocenters. The molecule has 1 aromatic heterocycles. The minimum Gasteiger partial charge on any atom is -0.479 e. The summed E-state index contributed by atoms with van der Waals surface area (Å²) in [5.74, 6) is -1.07. The number of nitrogens with one attached hydrogen (secondary N) is 1. The van der Waals surface area contributed by atoms with Gasteiger partial charge in [-0.1, -0.05) is 28.1 Å².